The maximum Gasteiger partial charge on any atom is 0.293 e. The first kappa shape index (κ1) is 24.1. The fraction of sp³-hybridized carbons (Fsp3) is 0.455. The lowest BCUT2D eigenvalue weighted by molar-refractivity contribution is 0.0947. The fourth-order valence-electron chi connectivity index (χ4n) is 3.39. The molecular formula is C22H31N9O2. The van der Waals surface area contributed by atoms with Gasteiger partial charge >= 0.3 is 0 Å². The third-order valence-electron chi connectivity index (χ3n) is 5.28. The van der Waals surface area contributed by atoms with Crippen LogP contribution in [0.2, 0.25) is 0 Å². The summed E-state index contributed by atoms with van der Waals surface area (Å²) in [6, 6.07) is 8.18. The number of nitrogens with two attached hydrogens (primary N) is 1. The second kappa shape index (κ2) is 10.8. The van der Waals surface area contributed by atoms with Crippen LogP contribution in [0.3, 0.4) is 0 Å². The van der Waals surface area contributed by atoms with Crippen LogP contribution < -0.4 is 11.2 Å². The molecule has 3 rings (SSSR count). The highest BCUT2D eigenvalue weighted by atomic mass is 16.6. The van der Waals surface area contributed by atoms with E-state index in [1.165, 1.54) is 10.2 Å². The maximum absolute atomic E-state index is 13.0. The van der Waals surface area contributed by atoms with Crippen LogP contribution in [0.1, 0.15) is 61.9 Å². The zero-order chi connectivity index (χ0) is 24.0. The standard InChI is InChI=1S/C22H31N9O2/c1-6-30(7-2)13-18-19(25-29-31(18)21-20(23)27-33-28-21)22(32)26-24-15(5)17-10-8-16(9-11-17)12-14(3)4/h8-11,14H,6-7,12-13H2,1-5H3,(H2,23,27)(H,26,32)/b24-15+. The van der Waals surface area contributed by atoms with E-state index in [4.69, 9.17) is 5.73 Å². The summed E-state index contributed by atoms with van der Waals surface area (Å²) in [5.41, 5.74) is 11.9. The van der Waals surface area contributed by atoms with Crippen LogP contribution in [0, 0.1) is 5.92 Å². The third kappa shape index (κ3) is 5.80. The van der Waals surface area contributed by atoms with Crippen molar-refractivity contribution in [1.29, 1.82) is 0 Å². The van der Waals surface area contributed by atoms with E-state index in [2.05, 4.69) is 66.7 Å². The van der Waals surface area contributed by atoms with Crippen molar-refractivity contribution in [2.75, 3.05) is 18.8 Å². The lowest BCUT2D eigenvalue weighted by Crippen LogP contribution is -2.27. The minimum absolute atomic E-state index is 0.0578. The second-order valence-electron chi connectivity index (χ2n) is 8.16. The van der Waals surface area contributed by atoms with Crippen molar-refractivity contribution in [3.8, 4) is 5.82 Å². The number of amides is 1. The molecule has 3 aromatic rings. The minimum atomic E-state index is -0.478. The Hall–Kier alpha value is -3.60. The molecule has 0 fully saturated rings. The molecule has 0 aliphatic carbocycles. The molecule has 11 heteroatoms. The molecule has 0 saturated heterocycles. The fourth-order valence-corrected chi connectivity index (χ4v) is 3.39. The number of benzene rings is 1. The zero-order valence-corrected chi connectivity index (χ0v) is 19.7. The number of nitrogen functional groups attached to an aromatic ring is 1. The van der Waals surface area contributed by atoms with Crippen LogP contribution in [0.25, 0.3) is 5.82 Å². The number of carbonyl (C=O) groups is 1. The van der Waals surface area contributed by atoms with Crippen molar-refractivity contribution < 1.29 is 9.42 Å². The number of aromatic nitrogens is 5. The predicted molar refractivity (Wildman–Crippen MR) is 125 cm³/mol. The van der Waals surface area contributed by atoms with Gasteiger partial charge in [0.05, 0.1) is 11.4 Å². The minimum Gasteiger partial charge on any atom is -0.378 e. The number of anilines is 1. The summed E-state index contributed by atoms with van der Waals surface area (Å²) in [4.78, 5) is 15.1. The Kier molecular flexibility index (Phi) is 7.88. The summed E-state index contributed by atoms with van der Waals surface area (Å²) < 4.78 is 6.07. The Morgan fingerprint density at radius 2 is 1.91 bits per heavy atom. The van der Waals surface area contributed by atoms with Gasteiger partial charge in [-0.25, -0.2) is 10.1 Å². The average molecular weight is 454 g/mol. The number of nitrogens with one attached hydrogen (secondary N) is 1. The smallest absolute Gasteiger partial charge is 0.293 e. The van der Waals surface area contributed by atoms with Gasteiger partial charge in [-0.2, -0.15) is 9.78 Å². The van der Waals surface area contributed by atoms with Crippen LogP contribution in [-0.2, 0) is 13.0 Å². The van der Waals surface area contributed by atoms with E-state index >= 15 is 0 Å². The van der Waals surface area contributed by atoms with Crippen molar-refractivity contribution in [2.24, 2.45) is 11.0 Å². The molecule has 11 nitrogen and oxygen atoms in total. The molecule has 0 saturated carbocycles. The van der Waals surface area contributed by atoms with Gasteiger partial charge in [-0.3, -0.25) is 9.69 Å². The maximum atomic E-state index is 13.0. The summed E-state index contributed by atoms with van der Waals surface area (Å²) in [6.45, 7) is 12.2. The van der Waals surface area contributed by atoms with E-state index in [0.29, 0.717) is 23.9 Å². The lowest BCUT2D eigenvalue weighted by atomic mass is 10.0. The molecule has 33 heavy (non-hydrogen) atoms. The van der Waals surface area contributed by atoms with E-state index in [9.17, 15) is 4.79 Å². The SMILES string of the molecule is CCN(CC)Cc1c(C(=O)N/N=C(\C)c2ccc(CC(C)C)cc2)nnn1-c1nonc1N. The highest BCUT2D eigenvalue weighted by molar-refractivity contribution is 6.00. The van der Waals surface area contributed by atoms with Crippen LogP contribution in [0.4, 0.5) is 5.82 Å². The number of hydrogen-bond acceptors (Lipinski definition) is 9. The van der Waals surface area contributed by atoms with Crippen molar-refractivity contribution >= 4 is 17.4 Å². The number of carbonyl (C=O) groups excluding carboxylic acids is 1. The highest BCUT2D eigenvalue weighted by Crippen LogP contribution is 2.17. The number of nitrogens with zero attached hydrogens (tertiary/aromatic N) is 7. The average Bonchev–Trinajstić information content (AvgIpc) is 3.41. The molecular weight excluding hydrogens is 422 g/mol. The van der Waals surface area contributed by atoms with Crippen LogP contribution in [0.5, 0.6) is 0 Å². The third-order valence-corrected chi connectivity index (χ3v) is 5.28. The molecule has 2 aromatic heterocycles. The Morgan fingerprint density at radius 1 is 1.21 bits per heavy atom. The summed E-state index contributed by atoms with van der Waals surface area (Å²) in [5.74, 6) is 0.355. The van der Waals surface area contributed by atoms with Crippen molar-refractivity contribution in [2.45, 2.75) is 47.6 Å². The van der Waals surface area contributed by atoms with Gasteiger partial charge in [0.2, 0.25) is 11.6 Å². The summed E-state index contributed by atoms with van der Waals surface area (Å²) in [7, 11) is 0. The van der Waals surface area contributed by atoms with Gasteiger partial charge in [-0.1, -0.05) is 57.2 Å². The zero-order valence-electron chi connectivity index (χ0n) is 19.7. The Balaban J connectivity index is 1.82. The second-order valence-corrected chi connectivity index (χ2v) is 8.16. The van der Waals surface area contributed by atoms with Crippen molar-refractivity contribution in [3.05, 3.63) is 46.8 Å². The Morgan fingerprint density at radius 3 is 2.48 bits per heavy atom. The van der Waals surface area contributed by atoms with E-state index in [0.717, 1.165) is 25.1 Å². The Bertz CT molecular complexity index is 1100. The van der Waals surface area contributed by atoms with Crippen LogP contribution in [-0.4, -0.2) is 54.9 Å². The van der Waals surface area contributed by atoms with Gasteiger partial charge in [0.15, 0.2) is 5.69 Å². The summed E-state index contributed by atoms with van der Waals surface area (Å²) >= 11 is 0. The normalized spacial score (nSPS) is 12.0. The van der Waals surface area contributed by atoms with Gasteiger partial charge in [0.25, 0.3) is 5.91 Å². The highest BCUT2D eigenvalue weighted by Gasteiger charge is 2.25. The van der Waals surface area contributed by atoms with E-state index in [-0.39, 0.29) is 17.3 Å². The molecule has 0 aliphatic heterocycles. The van der Waals surface area contributed by atoms with Gasteiger partial charge in [-0.05, 0) is 53.8 Å². The predicted octanol–water partition coefficient (Wildman–Crippen LogP) is 2.43. The summed E-state index contributed by atoms with van der Waals surface area (Å²) in [6.07, 6.45) is 1.02. The molecule has 1 aromatic carbocycles. The molecule has 176 valence electrons. The molecule has 0 bridgehead atoms. The topological polar surface area (TPSA) is 140 Å². The van der Waals surface area contributed by atoms with Gasteiger partial charge < -0.3 is 5.73 Å². The number of rotatable bonds is 10. The summed E-state index contributed by atoms with van der Waals surface area (Å²) in [5, 5.41) is 19.8. The monoisotopic (exact) mass is 453 g/mol. The lowest BCUT2D eigenvalue weighted by Gasteiger charge is -2.18. The van der Waals surface area contributed by atoms with E-state index in [1.807, 2.05) is 32.9 Å². The number of hydrazone groups is 1. The first-order valence-corrected chi connectivity index (χ1v) is 11.0. The number of hydrogen-bond donors (Lipinski definition) is 2. The molecule has 0 atom stereocenters. The van der Waals surface area contributed by atoms with Gasteiger partial charge in [-0.15, -0.1) is 5.10 Å². The molecule has 1 amide bonds. The van der Waals surface area contributed by atoms with Crippen molar-refractivity contribution in [1.82, 2.24) is 35.6 Å². The van der Waals surface area contributed by atoms with E-state index in [1.54, 1.807) is 0 Å². The molecule has 3 N–H and O–H groups in total. The Labute approximate surface area is 193 Å². The van der Waals surface area contributed by atoms with E-state index < -0.39 is 5.91 Å². The van der Waals surface area contributed by atoms with Crippen LogP contribution >= 0.6 is 0 Å². The molecule has 0 unspecified atom stereocenters. The van der Waals surface area contributed by atoms with Gasteiger partial charge in [0.1, 0.15) is 0 Å². The molecule has 2 heterocycles. The van der Waals surface area contributed by atoms with Crippen molar-refractivity contribution in [3.63, 3.8) is 0 Å². The van der Waals surface area contributed by atoms with Crippen LogP contribution in [0.15, 0.2) is 34.0 Å². The molecule has 0 spiro atoms. The first-order chi connectivity index (χ1) is 15.8. The molecule has 0 radical (unpaired) electrons. The first-order valence-electron chi connectivity index (χ1n) is 11.0. The molecule has 0 aliphatic rings. The quantitative estimate of drug-likeness (QED) is 0.352. The largest absolute Gasteiger partial charge is 0.378 e. The van der Waals surface area contributed by atoms with Gasteiger partial charge in [0, 0.05) is 6.54 Å².